The van der Waals surface area contributed by atoms with Crippen molar-refractivity contribution in [3.05, 3.63) is 46.7 Å². The van der Waals surface area contributed by atoms with Crippen LogP contribution < -0.4 is 4.74 Å². The zero-order chi connectivity index (χ0) is 18.4. The van der Waals surface area contributed by atoms with Crippen LogP contribution in [0.2, 0.25) is 0 Å². The Morgan fingerprint density at radius 1 is 1.04 bits per heavy atom. The van der Waals surface area contributed by atoms with Crippen LogP contribution in [0, 0.1) is 5.82 Å². The molecule has 138 valence electrons. The third-order valence-corrected chi connectivity index (χ3v) is 4.98. The van der Waals surface area contributed by atoms with Crippen LogP contribution in [0.3, 0.4) is 0 Å². The van der Waals surface area contributed by atoms with E-state index in [0.29, 0.717) is 23.6 Å². The molecule has 0 saturated heterocycles. The molecule has 3 aromatic rings. The number of rotatable bonds is 9. The minimum absolute atomic E-state index is 0.321. The van der Waals surface area contributed by atoms with Crippen LogP contribution in [-0.4, -0.2) is 16.8 Å². The Labute approximate surface area is 162 Å². The molecule has 2 aromatic carbocycles. The normalized spacial score (nSPS) is 11.2. The summed E-state index contributed by atoms with van der Waals surface area (Å²) in [6, 6.07) is 10.8. The molecule has 3 nitrogen and oxygen atoms in total. The molecule has 0 bridgehead atoms. The Bertz CT molecular complexity index is 862. The van der Waals surface area contributed by atoms with E-state index < -0.39 is 0 Å². The van der Waals surface area contributed by atoms with Gasteiger partial charge in [-0.15, -0.1) is 0 Å². The number of benzene rings is 2. The van der Waals surface area contributed by atoms with Crippen molar-refractivity contribution in [3.8, 4) is 17.0 Å². The zero-order valence-electron chi connectivity index (χ0n) is 15.0. The molecule has 1 heterocycles. The number of aromatic nitrogens is 2. The number of ether oxygens (including phenoxy) is 1. The Hall–Kier alpha value is -1.88. The summed E-state index contributed by atoms with van der Waals surface area (Å²) in [7, 11) is 0. The summed E-state index contributed by atoms with van der Waals surface area (Å²) < 4.78 is 21.2. The molecule has 0 saturated carbocycles. The van der Waals surface area contributed by atoms with Gasteiger partial charge in [0.2, 0.25) is 0 Å². The van der Waals surface area contributed by atoms with Crippen molar-refractivity contribution in [1.82, 2.24) is 10.2 Å². The lowest BCUT2D eigenvalue weighted by Gasteiger charge is -2.08. The SMILES string of the molecule is CCCCCCCCOc1ccc(-c2n[nH]c3ccc(Br)cc23)c(F)c1. The summed E-state index contributed by atoms with van der Waals surface area (Å²) in [5.41, 5.74) is 1.97. The molecule has 0 amide bonds. The average Bonchev–Trinajstić information content (AvgIpc) is 3.04. The second kappa shape index (κ2) is 9.17. The van der Waals surface area contributed by atoms with Gasteiger partial charge in [-0.05, 0) is 36.8 Å². The molecule has 0 spiro atoms. The van der Waals surface area contributed by atoms with Crippen LogP contribution >= 0.6 is 15.9 Å². The smallest absolute Gasteiger partial charge is 0.136 e. The molecule has 0 unspecified atom stereocenters. The van der Waals surface area contributed by atoms with Gasteiger partial charge in [-0.1, -0.05) is 55.0 Å². The van der Waals surface area contributed by atoms with Crippen molar-refractivity contribution < 1.29 is 9.13 Å². The summed E-state index contributed by atoms with van der Waals surface area (Å²) in [5.74, 6) is 0.250. The Morgan fingerprint density at radius 2 is 1.85 bits per heavy atom. The molecule has 5 heteroatoms. The number of fused-ring (bicyclic) bond motifs is 1. The van der Waals surface area contributed by atoms with Crippen LogP contribution in [-0.2, 0) is 0 Å². The maximum absolute atomic E-state index is 14.6. The molecule has 26 heavy (non-hydrogen) atoms. The van der Waals surface area contributed by atoms with Crippen molar-refractivity contribution in [2.75, 3.05) is 6.61 Å². The minimum Gasteiger partial charge on any atom is -0.493 e. The summed E-state index contributed by atoms with van der Waals surface area (Å²) in [6.45, 7) is 2.84. The van der Waals surface area contributed by atoms with Crippen molar-refractivity contribution in [3.63, 3.8) is 0 Å². The van der Waals surface area contributed by atoms with Crippen molar-refractivity contribution in [2.24, 2.45) is 0 Å². The van der Waals surface area contributed by atoms with E-state index in [4.69, 9.17) is 4.74 Å². The number of aromatic amines is 1. The van der Waals surface area contributed by atoms with Gasteiger partial charge < -0.3 is 4.74 Å². The first kappa shape index (κ1) is 18.9. The van der Waals surface area contributed by atoms with Gasteiger partial charge in [0.15, 0.2) is 0 Å². The highest BCUT2D eigenvalue weighted by atomic mass is 79.9. The molecule has 0 aliphatic rings. The molecular weight excluding hydrogens is 395 g/mol. The van der Waals surface area contributed by atoms with E-state index >= 15 is 0 Å². The van der Waals surface area contributed by atoms with Gasteiger partial charge in [-0.2, -0.15) is 5.10 Å². The van der Waals surface area contributed by atoms with Crippen molar-refractivity contribution in [2.45, 2.75) is 45.4 Å². The maximum Gasteiger partial charge on any atom is 0.136 e. The number of H-pyrrole nitrogens is 1. The molecule has 1 aromatic heterocycles. The predicted molar refractivity (Wildman–Crippen MR) is 108 cm³/mol. The van der Waals surface area contributed by atoms with E-state index in [-0.39, 0.29) is 5.82 Å². The van der Waals surface area contributed by atoms with Gasteiger partial charge in [0.25, 0.3) is 0 Å². The molecule has 1 N–H and O–H groups in total. The number of unbranched alkanes of at least 4 members (excludes halogenated alkanes) is 5. The molecule has 3 rings (SSSR count). The monoisotopic (exact) mass is 418 g/mol. The van der Waals surface area contributed by atoms with Gasteiger partial charge in [0.1, 0.15) is 17.3 Å². The third-order valence-electron chi connectivity index (χ3n) is 4.49. The van der Waals surface area contributed by atoms with Crippen LogP contribution in [0.15, 0.2) is 40.9 Å². The lowest BCUT2D eigenvalue weighted by Crippen LogP contribution is -1.98. The second-order valence-electron chi connectivity index (χ2n) is 6.52. The summed E-state index contributed by atoms with van der Waals surface area (Å²) in [5, 5.41) is 8.12. The molecular formula is C21H24BrFN2O. The van der Waals surface area contributed by atoms with Crippen molar-refractivity contribution in [1.29, 1.82) is 0 Å². The van der Waals surface area contributed by atoms with E-state index in [1.807, 2.05) is 24.3 Å². The Morgan fingerprint density at radius 3 is 2.65 bits per heavy atom. The lowest BCUT2D eigenvalue weighted by atomic mass is 10.1. The second-order valence-corrected chi connectivity index (χ2v) is 7.44. The highest BCUT2D eigenvalue weighted by Crippen LogP contribution is 2.31. The quantitative estimate of drug-likeness (QED) is 0.384. The average molecular weight is 419 g/mol. The zero-order valence-corrected chi connectivity index (χ0v) is 16.6. The predicted octanol–water partition coefficient (Wildman–Crippen LogP) is 6.87. The fourth-order valence-corrected chi connectivity index (χ4v) is 3.40. The van der Waals surface area contributed by atoms with Gasteiger partial charge in [-0.3, -0.25) is 5.10 Å². The molecule has 0 aliphatic carbocycles. The number of nitrogens with one attached hydrogen (secondary N) is 1. The van der Waals surface area contributed by atoms with E-state index in [2.05, 4.69) is 33.1 Å². The highest BCUT2D eigenvalue weighted by molar-refractivity contribution is 9.10. The van der Waals surface area contributed by atoms with Crippen LogP contribution in [0.5, 0.6) is 5.75 Å². The van der Waals surface area contributed by atoms with Crippen LogP contribution in [0.25, 0.3) is 22.2 Å². The van der Waals surface area contributed by atoms with Crippen molar-refractivity contribution >= 4 is 26.8 Å². The fourth-order valence-electron chi connectivity index (χ4n) is 3.04. The third kappa shape index (κ3) is 4.64. The minimum atomic E-state index is -0.321. The topological polar surface area (TPSA) is 37.9 Å². The lowest BCUT2D eigenvalue weighted by molar-refractivity contribution is 0.303. The summed E-state index contributed by atoms with van der Waals surface area (Å²) in [4.78, 5) is 0. The van der Waals surface area contributed by atoms with E-state index in [9.17, 15) is 4.39 Å². The van der Waals surface area contributed by atoms with E-state index in [1.54, 1.807) is 6.07 Å². The Kier molecular flexibility index (Phi) is 6.67. The van der Waals surface area contributed by atoms with Gasteiger partial charge in [0.05, 0.1) is 12.1 Å². The summed E-state index contributed by atoms with van der Waals surface area (Å²) in [6.07, 6.45) is 7.25. The van der Waals surface area contributed by atoms with Gasteiger partial charge in [0, 0.05) is 21.5 Å². The van der Waals surface area contributed by atoms with E-state index in [0.717, 1.165) is 28.2 Å². The van der Waals surface area contributed by atoms with E-state index in [1.165, 1.54) is 31.7 Å². The molecule has 0 atom stereocenters. The molecule has 0 aliphatic heterocycles. The van der Waals surface area contributed by atoms with Crippen LogP contribution in [0.1, 0.15) is 45.4 Å². The highest BCUT2D eigenvalue weighted by Gasteiger charge is 2.13. The maximum atomic E-state index is 14.6. The number of hydrogen-bond donors (Lipinski definition) is 1. The van der Waals surface area contributed by atoms with Gasteiger partial charge >= 0.3 is 0 Å². The Balaban J connectivity index is 1.63. The molecule has 0 radical (unpaired) electrons. The first-order valence-corrected chi connectivity index (χ1v) is 10.0. The first-order chi connectivity index (χ1) is 12.7. The summed E-state index contributed by atoms with van der Waals surface area (Å²) >= 11 is 3.45. The standard InChI is InChI=1S/C21H24BrFN2O/c1-2-3-4-5-6-7-12-26-16-9-10-17(19(23)14-16)21-18-13-15(22)8-11-20(18)24-25-21/h8-11,13-14H,2-7,12H2,1H3,(H,24,25). The van der Waals surface area contributed by atoms with Gasteiger partial charge in [-0.25, -0.2) is 4.39 Å². The first-order valence-electron chi connectivity index (χ1n) is 9.25. The fraction of sp³-hybridized carbons (Fsp3) is 0.381. The number of halogens is 2. The largest absolute Gasteiger partial charge is 0.493 e. The van der Waals surface area contributed by atoms with Crippen LogP contribution in [0.4, 0.5) is 4.39 Å². The number of hydrogen-bond acceptors (Lipinski definition) is 2. The number of nitrogens with zero attached hydrogens (tertiary/aromatic N) is 1. The molecule has 0 fully saturated rings.